The lowest BCUT2D eigenvalue weighted by molar-refractivity contribution is 0.176. The molecule has 2 bridgehead atoms. The van der Waals surface area contributed by atoms with Gasteiger partial charge in [-0.2, -0.15) is 5.10 Å². The molecule has 0 N–H and O–H groups in total. The van der Waals surface area contributed by atoms with Crippen molar-refractivity contribution in [3.63, 3.8) is 0 Å². The predicted molar refractivity (Wildman–Crippen MR) is 237 cm³/mol. The van der Waals surface area contributed by atoms with Crippen molar-refractivity contribution in [2.45, 2.75) is 84.0 Å². The van der Waals surface area contributed by atoms with Crippen molar-refractivity contribution in [3.8, 4) is 28.7 Å². The van der Waals surface area contributed by atoms with Crippen molar-refractivity contribution in [2.24, 2.45) is 10.8 Å². The minimum atomic E-state index is -0.471. The van der Waals surface area contributed by atoms with Crippen molar-refractivity contribution in [1.82, 2.24) is 9.78 Å². The van der Waals surface area contributed by atoms with Crippen molar-refractivity contribution < 1.29 is 0 Å². The Balaban J connectivity index is 1.24. The Morgan fingerprint density at radius 2 is 1.40 bits per heavy atom. The number of nitrogens with zero attached hydrogens (tertiary/aromatic N) is 2. The number of rotatable bonds is 1. The molecule has 1 atom stereocenters. The molecular weight excluding hydrogens is 687 g/mol. The molecule has 6 aromatic rings. The molecule has 0 radical (unpaired) electrons. The Hall–Kier alpha value is -5.59. The zero-order valence-corrected chi connectivity index (χ0v) is 33.8. The largest absolute Gasteiger partial charge is 0.247 e. The van der Waals surface area contributed by atoms with Gasteiger partial charge in [-0.1, -0.05) is 161 Å². The summed E-state index contributed by atoms with van der Waals surface area (Å²) in [5.74, 6) is 7.09. The molecular formula is C54H45BN2. The molecule has 1 aromatic heterocycles. The first-order valence-electron chi connectivity index (χ1n) is 21.2. The molecule has 6 aliphatic carbocycles. The van der Waals surface area contributed by atoms with Crippen LogP contribution >= 0.6 is 0 Å². The molecule has 1 fully saturated rings. The summed E-state index contributed by atoms with van der Waals surface area (Å²) in [7, 11) is 0. The topological polar surface area (TPSA) is 17.8 Å². The molecule has 2 aliphatic heterocycles. The van der Waals surface area contributed by atoms with Gasteiger partial charge in [-0.15, -0.1) is 0 Å². The first-order chi connectivity index (χ1) is 27.6. The summed E-state index contributed by atoms with van der Waals surface area (Å²) < 4.78 is 2.46. The van der Waals surface area contributed by atoms with E-state index >= 15 is 0 Å². The molecule has 0 amide bonds. The standard InChI is InChI=1S/C54H45BN2/c1-31-16-8-7-9-17-32(31)35-24-25-39-47-49(35)57-50-42(30-40(51(2,3)4)43-44(50)48(56-57)46-45(43)52(5)26-28-53(46,6)29-27-52)55(47)41-23-15-14-22-38(41)54(39)36-20-12-10-18-33(36)34-19-11-13-21-37(34)54/h7-8,10-16,18-25,30,32H,26-29H2,1-6H3. The van der Waals surface area contributed by atoms with Crippen LogP contribution in [0.15, 0.2) is 115 Å². The third kappa shape index (κ3) is 3.63. The van der Waals surface area contributed by atoms with E-state index in [0.717, 1.165) is 0 Å². The SMILES string of the molecule is CC1=CC=CC#CC1c1ccc2c3c1-n1nc4c5c(c(C(C)(C)C)cc(c51)B3c1ccccc1C21c2ccccc2-c2ccccc21)C1=C4C2(C)CCC1(C)CC2. The smallest absolute Gasteiger partial charge is 0.233 e. The molecule has 14 rings (SSSR count). The number of aromatic nitrogens is 2. The number of allylic oxidation sites excluding steroid dienone is 6. The minimum Gasteiger partial charge on any atom is -0.233 e. The molecule has 1 saturated carbocycles. The van der Waals surface area contributed by atoms with E-state index in [-0.39, 0.29) is 28.9 Å². The van der Waals surface area contributed by atoms with Crippen LogP contribution < -0.4 is 16.4 Å². The molecule has 1 unspecified atom stereocenters. The number of hydrogen-bond acceptors (Lipinski definition) is 1. The highest BCUT2D eigenvalue weighted by Crippen LogP contribution is 2.69. The summed E-state index contributed by atoms with van der Waals surface area (Å²) in [5.41, 5.74) is 24.8. The lowest BCUT2D eigenvalue weighted by Gasteiger charge is -2.52. The summed E-state index contributed by atoms with van der Waals surface area (Å²) in [4.78, 5) is 0. The van der Waals surface area contributed by atoms with Crippen molar-refractivity contribution >= 4 is 45.2 Å². The second-order valence-corrected chi connectivity index (χ2v) is 19.8. The first kappa shape index (κ1) is 32.5. The van der Waals surface area contributed by atoms with Gasteiger partial charge >= 0.3 is 0 Å². The maximum Gasteiger partial charge on any atom is 0.247 e. The summed E-state index contributed by atoms with van der Waals surface area (Å²) in [6.45, 7) is 14.8. The highest BCUT2D eigenvalue weighted by atomic mass is 15.3. The van der Waals surface area contributed by atoms with Gasteiger partial charge in [-0.3, -0.25) is 0 Å². The summed E-state index contributed by atoms with van der Waals surface area (Å²) in [6.07, 6.45) is 11.3. The molecule has 8 aliphatic rings. The molecule has 3 heterocycles. The van der Waals surface area contributed by atoms with Gasteiger partial charge in [-0.25, -0.2) is 4.68 Å². The highest BCUT2D eigenvalue weighted by Gasteiger charge is 2.58. The Bertz CT molecular complexity index is 3020. The minimum absolute atomic E-state index is 0.0466. The van der Waals surface area contributed by atoms with Crippen LogP contribution in [0.25, 0.3) is 38.9 Å². The van der Waals surface area contributed by atoms with E-state index in [9.17, 15) is 0 Å². The van der Waals surface area contributed by atoms with Crippen LogP contribution in [0.3, 0.4) is 0 Å². The number of hydrogen-bond donors (Lipinski definition) is 0. The third-order valence-corrected chi connectivity index (χ3v) is 15.8. The lowest BCUT2D eigenvalue weighted by Crippen LogP contribution is -2.64. The second kappa shape index (κ2) is 10.3. The van der Waals surface area contributed by atoms with Crippen molar-refractivity contribution in [3.05, 3.63) is 159 Å². The van der Waals surface area contributed by atoms with E-state index in [4.69, 9.17) is 5.10 Å². The molecule has 2 nitrogen and oxygen atoms in total. The second-order valence-electron chi connectivity index (χ2n) is 19.8. The van der Waals surface area contributed by atoms with Crippen LogP contribution in [0.1, 0.15) is 118 Å². The Kier molecular flexibility index (Phi) is 5.86. The summed E-state index contributed by atoms with van der Waals surface area (Å²) in [5, 5.41) is 7.42. The average molecular weight is 733 g/mol. The Morgan fingerprint density at radius 1 is 0.754 bits per heavy atom. The lowest BCUT2D eigenvalue weighted by atomic mass is 9.29. The van der Waals surface area contributed by atoms with Gasteiger partial charge in [0.15, 0.2) is 0 Å². The zero-order chi connectivity index (χ0) is 38.4. The molecule has 274 valence electrons. The summed E-state index contributed by atoms with van der Waals surface area (Å²) >= 11 is 0. The van der Waals surface area contributed by atoms with E-state index < -0.39 is 5.41 Å². The first-order valence-corrected chi connectivity index (χ1v) is 21.2. The third-order valence-electron chi connectivity index (χ3n) is 15.8. The van der Waals surface area contributed by atoms with Crippen LogP contribution in [0, 0.1) is 22.7 Å². The zero-order valence-electron chi connectivity index (χ0n) is 33.8. The Labute approximate surface area is 336 Å². The van der Waals surface area contributed by atoms with Gasteiger partial charge in [-0.05, 0) is 127 Å². The molecule has 57 heavy (non-hydrogen) atoms. The quantitative estimate of drug-likeness (QED) is 0.121. The molecule has 5 aromatic carbocycles. The fraction of sp³-hybridized carbons (Fsp3) is 0.278. The number of benzene rings is 5. The van der Waals surface area contributed by atoms with Gasteiger partial charge in [0, 0.05) is 5.39 Å². The van der Waals surface area contributed by atoms with Gasteiger partial charge in [0.1, 0.15) is 0 Å². The van der Waals surface area contributed by atoms with E-state index in [0.29, 0.717) is 0 Å². The Morgan fingerprint density at radius 3 is 2.11 bits per heavy atom. The highest BCUT2D eigenvalue weighted by molar-refractivity contribution is 6.99. The van der Waals surface area contributed by atoms with E-state index in [1.807, 2.05) is 6.08 Å². The maximum atomic E-state index is 6.01. The van der Waals surface area contributed by atoms with Gasteiger partial charge in [0.05, 0.1) is 28.2 Å². The predicted octanol–water partition coefficient (Wildman–Crippen LogP) is 10.3. The van der Waals surface area contributed by atoms with Crippen LogP contribution in [0.5, 0.6) is 0 Å². The average Bonchev–Trinajstić information content (AvgIpc) is 3.81. The van der Waals surface area contributed by atoms with Crippen molar-refractivity contribution in [2.75, 3.05) is 0 Å². The van der Waals surface area contributed by atoms with Gasteiger partial charge < -0.3 is 0 Å². The fourth-order valence-corrected chi connectivity index (χ4v) is 13.2. The molecule has 1 spiro atoms. The molecule has 0 saturated heterocycles. The van der Waals surface area contributed by atoms with Gasteiger partial charge in [0.2, 0.25) is 6.71 Å². The van der Waals surface area contributed by atoms with E-state index in [1.54, 1.807) is 11.1 Å². The summed E-state index contributed by atoms with van der Waals surface area (Å²) in [6, 6.07) is 35.5. The van der Waals surface area contributed by atoms with E-state index in [2.05, 4.69) is 161 Å². The maximum absolute atomic E-state index is 6.01. The molecule has 3 heteroatoms. The number of fused-ring (bicyclic) bond motifs is 13. The van der Waals surface area contributed by atoms with Crippen LogP contribution in [0.2, 0.25) is 0 Å². The van der Waals surface area contributed by atoms with E-state index in [1.165, 1.54) is 120 Å². The van der Waals surface area contributed by atoms with Crippen molar-refractivity contribution in [1.29, 1.82) is 0 Å². The van der Waals surface area contributed by atoms with Crippen LogP contribution in [-0.4, -0.2) is 16.5 Å². The van der Waals surface area contributed by atoms with Gasteiger partial charge in [0.25, 0.3) is 0 Å². The normalized spacial score (nSPS) is 24.4. The van der Waals surface area contributed by atoms with Crippen LogP contribution in [0.4, 0.5) is 0 Å². The van der Waals surface area contributed by atoms with Crippen LogP contribution in [-0.2, 0) is 10.8 Å². The fourth-order valence-electron chi connectivity index (χ4n) is 13.2. The monoisotopic (exact) mass is 732 g/mol.